The molecule has 0 aliphatic carbocycles. The fourth-order valence-electron chi connectivity index (χ4n) is 3.96. The maximum Gasteiger partial charge on any atom is 0.0701 e. The molecule has 0 radical (unpaired) electrons. The summed E-state index contributed by atoms with van der Waals surface area (Å²) in [5.41, 5.74) is 0. The number of hydrogen-bond donors (Lipinski definition) is 0. The van der Waals surface area contributed by atoms with E-state index in [1.165, 1.54) is 77.0 Å². The molecule has 0 N–H and O–H groups in total. The zero-order valence-electron chi connectivity index (χ0n) is 26.5. The molecule has 0 amide bonds. The van der Waals surface area contributed by atoms with Crippen LogP contribution in [-0.2, 0) is 37.9 Å². The van der Waals surface area contributed by atoms with Gasteiger partial charge in [0.2, 0.25) is 0 Å². The van der Waals surface area contributed by atoms with Gasteiger partial charge in [-0.25, -0.2) is 0 Å². The van der Waals surface area contributed by atoms with E-state index in [9.17, 15) is 0 Å². The standard InChI is InChI=1S/C32H66O8/c1-3-5-7-9-11-12-14-16-18-34-20-22-36-24-26-38-28-30-40-32-31-39-29-27-37-25-23-35-21-19-33-17-15-13-10-8-6-4-2/h3-32H2,1-2H3. The summed E-state index contributed by atoms with van der Waals surface area (Å²) in [6, 6.07) is 0. The molecule has 0 atom stereocenters. The Labute approximate surface area is 247 Å². The van der Waals surface area contributed by atoms with E-state index >= 15 is 0 Å². The van der Waals surface area contributed by atoms with Gasteiger partial charge in [0.05, 0.1) is 92.5 Å². The van der Waals surface area contributed by atoms with Gasteiger partial charge < -0.3 is 37.9 Å². The lowest BCUT2D eigenvalue weighted by atomic mass is 10.1. The van der Waals surface area contributed by atoms with Gasteiger partial charge in [0, 0.05) is 13.2 Å². The summed E-state index contributed by atoms with van der Waals surface area (Å²) < 4.78 is 44.3. The molecule has 242 valence electrons. The minimum Gasteiger partial charge on any atom is -0.379 e. The Kier molecular flexibility index (Phi) is 38.4. The summed E-state index contributed by atoms with van der Waals surface area (Å²) in [5.74, 6) is 0. The van der Waals surface area contributed by atoms with Crippen molar-refractivity contribution in [3.05, 3.63) is 0 Å². The Morgan fingerprint density at radius 1 is 0.200 bits per heavy atom. The molecule has 0 saturated heterocycles. The molecule has 0 bridgehead atoms. The summed E-state index contributed by atoms with van der Waals surface area (Å²) in [6.07, 6.45) is 18.3. The van der Waals surface area contributed by atoms with E-state index in [0.29, 0.717) is 92.5 Å². The third kappa shape index (κ3) is 37.7. The molecular weight excluding hydrogens is 512 g/mol. The lowest BCUT2D eigenvalue weighted by Crippen LogP contribution is -2.15. The van der Waals surface area contributed by atoms with Crippen LogP contribution in [0.2, 0.25) is 0 Å². The molecule has 40 heavy (non-hydrogen) atoms. The predicted molar refractivity (Wildman–Crippen MR) is 163 cm³/mol. The highest BCUT2D eigenvalue weighted by atomic mass is 16.6. The Balaban J connectivity index is 3.01. The van der Waals surface area contributed by atoms with Crippen molar-refractivity contribution >= 4 is 0 Å². The fraction of sp³-hybridized carbons (Fsp3) is 1.00. The molecule has 0 aromatic heterocycles. The van der Waals surface area contributed by atoms with Gasteiger partial charge >= 0.3 is 0 Å². The Bertz CT molecular complexity index is 390. The highest BCUT2D eigenvalue weighted by molar-refractivity contribution is 4.46. The van der Waals surface area contributed by atoms with Crippen molar-refractivity contribution in [3.63, 3.8) is 0 Å². The molecule has 0 aliphatic rings. The van der Waals surface area contributed by atoms with E-state index in [0.717, 1.165) is 26.1 Å². The first-order valence-corrected chi connectivity index (χ1v) is 16.5. The van der Waals surface area contributed by atoms with E-state index in [1.807, 2.05) is 0 Å². The number of unbranched alkanes of at least 4 members (excludes halogenated alkanes) is 12. The van der Waals surface area contributed by atoms with E-state index in [-0.39, 0.29) is 0 Å². The topological polar surface area (TPSA) is 73.8 Å². The maximum atomic E-state index is 5.62. The van der Waals surface area contributed by atoms with Crippen LogP contribution in [0.25, 0.3) is 0 Å². The summed E-state index contributed by atoms with van der Waals surface area (Å²) in [5, 5.41) is 0. The second-order valence-corrected chi connectivity index (χ2v) is 10.1. The quantitative estimate of drug-likeness (QED) is 0.0762. The zero-order chi connectivity index (χ0) is 28.9. The molecule has 0 unspecified atom stereocenters. The van der Waals surface area contributed by atoms with Gasteiger partial charge in [-0.05, 0) is 12.8 Å². The van der Waals surface area contributed by atoms with Crippen molar-refractivity contribution < 1.29 is 37.9 Å². The van der Waals surface area contributed by atoms with Crippen molar-refractivity contribution in [1.82, 2.24) is 0 Å². The summed E-state index contributed by atoms with van der Waals surface area (Å²) in [4.78, 5) is 0. The highest BCUT2D eigenvalue weighted by Gasteiger charge is 1.96. The molecule has 0 saturated carbocycles. The van der Waals surface area contributed by atoms with Gasteiger partial charge in [0.25, 0.3) is 0 Å². The smallest absolute Gasteiger partial charge is 0.0701 e. The maximum absolute atomic E-state index is 5.62. The van der Waals surface area contributed by atoms with Crippen molar-refractivity contribution in [2.75, 3.05) is 106 Å². The monoisotopic (exact) mass is 578 g/mol. The van der Waals surface area contributed by atoms with Crippen molar-refractivity contribution in [1.29, 1.82) is 0 Å². The highest BCUT2D eigenvalue weighted by Crippen LogP contribution is 2.08. The van der Waals surface area contributed by atoms with Crippen LogP contribution in [0.5, 0.6) is 0 Å². The van der Waals surface area contributed by atoms with Crippen LogP contribution in [0.4, 0.5) is 0 Å². The van der Waals surface area contributed by atoms with Gasteiger partial charge in [-0.15, -0.1) is 0 Å². The molecule has 0 spiro atoms. The van der Waals surface area contributed by atoms with Crippen molar-refractivity contribution in [2.45, 2.75) is 104 Å². The van der Waals surface area contributed by atoms with E-state index in [1.54, 1.807) is 0 Å². The molecule has 0 heterocycles. The molecule has 0 aromatic rings. The molecular formula is C32H66O8. The second-order valence-electron chi connectivity index (χ2n) is 10.1. The first-order chi connectivity index (χ1) is 19.9. The van der Waals surface area contributed by atoms with E-state index in [4.69, 9.17) is 37.9 Å². The largest absolute Gasteiger partial charge is 0.379 e. The first kappa shape index (κ1) is 39.7. The molecule has 0 aliphatic heterocycles. The Morgan fingerprint density at radius 2 is 0.375 bits per heavy atom. The average Bonchev–Trinajstić information content (AvgIpc) is 2.97. The minimum atomic E-state index is 0.553. The molecule has 0 aromatic carbocycles. The van der Waals surface area contributed by atoms with Crippen LogP contribution in [0, 0.1) is 0 Å². The van der Waals surface area contributed by atoms with Crippen LogP contribution >= 0.6 is 0 Å². The van der Waals surface area contributed by atoms with Gasteiger partial charge in [0.1, 0.15) is 0 Å². The summed E-state index contributed by atoms with van der Waals surface area (Å²) in [6.45, 7) is 14.4. The lowest BCUT2D eigenvalue weighted by molar-refractivity contribution is -0.0232. The van der Waals surface area contributed by atoms with Gasteiger partial charge in [0.15, 0.2) is 0 Å². The summed E-state index contributed by atoms with van der Waals surface area (Å²) in [7, 11) is 0. The fourth-order valence-corrected chi connectivity index (χ4v) is 3.96. The van der Waals surface area contributed by atoms with Crippen LogP contribution in [0.3, 0.4) is 0 Å². The van der Waals surface area contributed by atoms with Gasteiger partial charge in [-0.1, -0.05) is 90.9 Å². The Hall–Kier alpha value is -0.320. The van der Waals surface area contributed by atoms with Gasteiger partial charge in [-0.3, -0.25) is 0 Å². The third-order valence-electron chi connectivity index (χ3n) is 6.39. The molecule has 8 nitrogen and oxygen atoms in total. The zero-order valence-corrected chi connectivity index (χ0v) is 26.5. The van der Waals surface area contributed by atoms with Crippen molar-refractivity contribution in [2.24, 2.45) is 0 Å². The van der Waals surface area contributed by atoms with Crippen LogP contribution < -0.4 is 0 Å². The number of ether oxygens (including phenoxy) is 8. The minimum absolute atomic E-state index is 0.553. The summed E-state index contributed by atoms with van der Waals surface area (Å²) >= 11 is 0. The second kappa shape index (κ2) is 38.7. The number of rotatable bonds is 37. The van der Waals surface area contributed by atoms with Gasteiger partial charge in [-0.2, -0.15) is 0 Å². The molecule has 0 rings (SSSR count). The predicted octanol–water partition coefficient (Wildman–Crippen LogP) is 6.62. The average molecular weight is 579 g/mol. The van der Waals surface area contributed by atoms with Crippen LogP contribution in [0.1, 0.15) is 104 Å². The Morgan fingerprint density at radius 3 is 0.600 bits per heavy atom. The number of hydrogen-bond acceptors (Lipinski definition) is 8. The lowest BCUT2D eigenvalue weighted by Gasteiger charge is -2.09. The SMILES string of the molecule is CCCCCCCCCCOCCOCCOCCOCCOCCOCCOCCOCCCCCCCC. The third-order valence-corrected chi connectivity index (χ3v) is 6.39. The first-order valence-electron chi connectivity index (χ1n) is 16.5. The molecule has 0 fully saturated rings. The van der Waals surface area contributed by atoms with Crippen LogP contribution in [0.15, 0.2) is 0 Å². The van der Waals surface area contributed by atoms with E-state index < -0.39 is 0 Å². The normalized spacial score (nSPS) is 11.6. The van der Waals surface area contributed by atoms with E-state index in [2.05, 4.69) is 13.8 Å². The molecule has 8 heteroatoms. The van der Waals surface area contributed by atoms with Crippen LogP contribution in [-0.4, -0.2) is 106 Å². The van der Waals surface area contributed by atoms with Crippen molar-refractivity contribution in [3.8, 4) is 0 Å².